The first-order valence-corrected chi connectivity index (χ1v) is 6.93. The maximum atomic E-state index is 13.0. The molecule has 1 amide bonds. The summed E-state index contributed by atoms with van der Waals surface area (Å²) in [6, 6.07) is 12.2. The summed E-state index contributed by atoms with van der Waals surface area (Å²) < 4.78 is 39.0. The van der Waals surface area contributed by atoms with Crippen molar-refractivity contribution in [2.75, 3.05) is 5.32 Å². The topological polar surface area (TPSA) is 44.9 Å². The SMILES string of the molecule is Cc1c(C(=O)Nc2ccccc2C(F)(F)F)[nH]c2ccccc12. The third-order valence-electron chi connectivity index (χ3n) is 3.67. The van der Waals surface area contributed by atoms with Crippen molar-refractivity contribution in [2.45, 2.75) is 13.1 Å². The molecule has 23 heavy (non-hydrogen) atoms. The van der Waals surface area contributed by atoms with Gasteiger partial charge in [0.2, 0.25) is 0 Å². The number of nitrogens with one attached hydrogen (secondary N) is 2. The van der Waals surface area contributed by atoms with E-state index in [0.717, 1.165) is 17.0 Å². The average molecular weight is 318 g/mol. The molecule has 2 aromatic carbocycles. The Morgan fingerprint density at radius 3 is 2.39 bits per heavy atom. The van der Waals surface area contributed by atoms with Gasteiger partial charge in [-0.3, -0.25) is 4.79 Å². The van der Waals surface area contributed by atoms with Gasteiger partial charge in [-0.15, -0.1) is 0 Å². The average Bonchev–Trinajstić information content (AvgIpc) is 2.84. The predicted octanol–water partition coefficient (Wildman–Crippen LogP) is 4.75. The Labute approximate surface area is 130 Å². The monoisotopic (exact) mass is 318 g/mol. The number of aryl methyl sites for hydroxylation is 1. The summed E-state index contributed by atoms with van der Waals surface area (Å²) in [6.07, 6.45) is -4.53. The van der Waals surface area contributed by atoms with E-state index in [9.17, 15) is 18.0 Å². The van der Waals surface area contributed by atoms with Crippen molar-refractivity contribution in [1.29, 1.82) is 0 Å². The van der Waals surface area contributed by atoms with Crippen LogP contribution >= 0.6 is 0 Å². The number of amides is 1. The molecule has 0 aliphatic rings. The van der Waals surface area contributed by atoms with Crippen molar-refractivity contribution >= 4 is 22.5 Å². The maximum absolute atomic E-state index is 13.0. The number of fused-ring (bicyclic) bond motifs is 1. The molecule has 0 saturated heterocycles. The number of hydrogen-bond donors (Lipinski definition) is 2. The van der Waals surface area contributed by atoms with E-state index in [4.69, 9.17) is 0 Å². The lowest BCUT2D eigenvalue weighted by atomic mass is 10.1. The van der Waals surface area contributed by atoms with Crippen molar-refractivity contribution in [2.24, 2.45) is 0 Å². The zero-order chi connectivity index (χ0) is 16.6. The Morgan fingerprint density at radius 1 is 1.04 bits per heavy atom. The Kier molecular flexibility index (Phi) is 3.60. The second kappa shape index (κ2) is 5.46. The van der Waals surface area contributed by atoms with Crippen LogP contribution in [0.3, 0.4) is 0 Å². The molecule has 0 saturated carbocycles. The number of halogens is 3. The van der Waals surface area contributed by atoms with Gasteiger partial charge in [-0.25, -0.2) is 0 Å². The van der Waals surface area contributed by atoms with Gasteiger partial charge in [0.15, 0.2) is 0 Å². The van der Waals surface area contributed by atoms with E-state index < -0.39 is 17.6 Å². The number of anilines is 1. The van der Waals surface area contributed by atoms with Gasteiger partial charge in [0.05, 0.1) is 11.3 Å². The van der Waals surface area contributed by atoms with Gasteiger partial charge in [-0.05, 0) is 30.7 Å². The summed E-state index contributed by atoms with van der Waals surface area (Å²) in [7, 11) is 0. The minimum Gasteiger partial charge on any atom is -0.350 e. The second-order valence-corrected chi connectivity index (χ2v) is 5.17. The molecule has 0 aliphatic carbocycles. The molecule has 0 radical (unpaired) electrons. The molecule has 3 nitrogen and oxygen atoms in total. The van der Waals surface area contributed by atoms with Crippen molar-refractivity contribution in [1.82, 2.24) is 4.98 Å². The summed E-state index contributed by atoms with van der Waals surface area (Å²) in [6.45, 7) is 1.75. The third-order valence-corrected chi connectivity index (χ3v) is 3.67. The normalized spacial score (nSPS) is 11.7. The number of para-hydroxylation sites is 2. The van der Waals surface area contributed by atoms with Gasteiger partial charge in [-0.2, -0.15) is 13.2 Å². The Morgan fingerprint density at radius 2 is 1.70 bits per heavy atom. The number of H-pyrrole nitrogens is 1. The second-order valence-electron chi connectivity index (χ2n) is 5.17. The number of aromatic nitrogens is 1. The molecule has 0 fully saturated rings. The lowest BCUT2D eigenvalue weighted by Gasteiger charge is -2.13. The molecular formula is C17H13F3N2O. The maximum Gasteiger partial charge on any atom is 0.418 e. The zero-order valence-electron chi connectivity index (χ0n) is 12.2. The Balaban J connectivity index is 1.97. The summed E-state index contributed by atoms with van der Waals surface area (Å²) >= 11 is 0. The molecule has 0 spiro atoms. The highest BCUT2D eigenvalue weighted by Gasteiger charge is 2.33. The van der Waals surface area contributed by atoms with Gasteiger partial charge in [-0.1, -0.05) is 30.3 Å². The van der Waals surface area contributed by atoms with Crippen LogP contribution in [0.1, 0.15) is 21.6 Å². The molecule has 0 bridgehead atoms. The quantitative estimate of drug-likeness (QED) is 0.704. The van der Waals surface area contributed by atoms with Crippen LogP contribution in [0.2, 0.25) is 0 Å². The van der Waals surface area contributed by atoms with Gasteiger partial charge in [0.25, 0.3) is 5.91 Å². The summed E-state index contributed by atoms with van der Waals surface area (Å²) in [4.78, 5) is 15.3. The number of aromatic amines is 1. The molecule has 6 heteroatoms. The molecule has 1 heterocycles. The van der Waals surface area contributed by atoms with E-state index in [1.165, 1.54) is 18.2 Å². The lowest BCUT2D eigenvalue weighted by molar-refractivity contribution is -0.136. The summed E-state index contributed by atoms with van der Waals surface area (Å²) in [5.41, 5.74) is 0.579. The van der Waals surface area contributed by atoms with E-state index in [2.05, 4.69) is 10.3 Å². The fraction of sp³-hybridized carbons (Fsp3) is 0.118. The fourth-order valence-electron chi connectivity index (χ4n) is 2.53. The van der Waals surface area contributed by atoms with Crippen LogP contribution < -0.4 is 5.32 Å². The number of alkyl halides is 3. The number of benzene rings is 2. The zero-order valence-corrected chi connectivity index (χ0v) is 12.2. The van der Waals surface area contributed by atoms with Crippen LogP contribution in [0.15, 0.2) is 48.5 Å². The first-order chi connectivity index (χ1) is 10.9. The smallest absolute Gasteiger partial charge is 0.350 e. The Hall–Kier alpha value is -2.76. The van der Waals surface area contributed by atoms with Gasteiger partial charge >= 0.3 is 6.18 Å². The summed E-state index contributed by atoms with van der Waals surface area (Å²) in [5.74, 6) is -0.601. The third kappa shape index (κ3) is 2.79. The van der Waals surface area contributed by atoms with E-state index >= 15 is 0 Å². The van der Waals surface area contributed by atoms with Gasteiger partial charge < -0.3 is 10.3 Å². The Bertz CT molecular complexity index is 881. The number of carbonyl (C=O) groups is 1. The van der Waals surface area contributed by atoms with E-state index in [1.54, 1.807) is 6.92 Å². The number of hydrogen-bond acceptors (Lipinski definition) is 1. The predicted molar refractivity (Wildman–Crippen MR) is 82.4 cm³/mol. The number of rotatable bonds is 2. The highest BCUT2D eigenvalue weighted by atomic mass is 19.4. The van der Waals surface area contributed by atoms with E-state index in [1.807, 2.05) is 24.3 Å². The minimum absolute atomic E-state index is 0.253. The molecule has 2 N–H and O–H groups in total. The lowest BCUT2D eigenvalue weighted by Crippen LogP contribution is -2.17. The molecule has 3 aromatic rings. The van der Waals surface area contributed by atoms with Gasteiger partial charge in [0.1, 0.15) is 5.69 Å². The molecule has 0 atom stereocenters. The standard InChI is InChI=1S/C17H13F3N2O/c1-10-11-6-2-4-8-13(11)21-15(10)16(23)22-14-9-5-3-7-12(14)17(18,19)20/h2-9,21H,1H3,(H,22,23). The van der Waals surface area contributed by atoms with Crippen LogP contribution in [0.4, 0.5) is 18.9 Å². The summed E-state index contributed by atoms with van der Waals surface area (Å²) in [5, 5.41) is 3.21. The molecule has 0 aliphatic heterocycles. The van der Waals surface area contributed by atoms with Crippen LogP contribution in [-0.2, 0) is 6.18 Å². The first-order valence-electron chi connectivity index (χ1n) is 6.93. The van der Waals surface area contributed by atoms with Crippen molar-refractivity contribution in [3.05, 3.63) is 65.4 Å². The van der Waals surface area contributed by atoms with Crippen molar-refractivity contribution in [3.8, 4) is 0 Å². The molecule has 118 valence electrons. The van der Waals surface area contributed by atoms with Crippen LogP contribution in [0.25, 0.3) is 10.9 Å². The van der Waals surface area contributed by atoms with E-state index in [-0.39, 0.29) is 11.4 Å². The highest BCUT2D eigenvalue weighted by Crippen LogP contribution is 2.35. The van der Waals surface area contributed by atoms with Crippen molar-refractivity contribution in [3.63, 3.8) is 0 Å². The highest BCUT2D eigenvalue weighted by molar-refractivity contribution is 6.08. The van der Waals surface area contributed by atoms with Gasteiger partial charge in [0, 0.05) is 10.9 Å². The fourth-order valence-corrected chi connectivity index (χ4v) is 2.53. The molecule has 0 unspecified atom stereocenters. The number of carbonyl (C=O) groups excluding carboxylic acids is 1. The first kappa shape index (κ1) is 15.1. The van der Waals surface area contributed by atoms with Crippen molar-refractivity contribution < 1.29 is 18.0 Å². The van der Waals surface area contributed by atoms with Crippen LogP contribution in [0, 0.1) is 6.92 Å². The molecule has 3 rings (SSSR count). The molecule has 1 aromatic heterocycles. The van der Waals surface area contributed by atoms with E-state index in [0.29, 0.717) is 5.56 Å². The van der Waals surface area contributed by atoms with Crippen LogP contribution in [-0.4, -0.2) is 10.9 Å². The largest absolute Gasteiger partial charge is 0.418 e. The minimum atomic E-state index is -4.53. The van der Waals surface area contributed by atoms with Crippen LogP contribution in [0.5, 0.6) is 0 Å². The molecular weight excluding hydrogens is 305 g/mol.